The highest BCUT2D eigenvalue weighted by Crippen LogP contribution is 2.48. The summed E-state index contributed by atoms with van der Waals surface area (Å²) in [6.45, 7) is 4.25. The van der Waals surface area contributed by atoms with Crippen molar-refractivity contribution in [2.24, 2.45) is 10.9 Å². The van der Waals surface area contributed by atoms with E-state index < -0.39 is 11.6 Å². The SMILES string of the molecule is CC1=N[C@]2(C)C[C@@H](c3ccccc3O2)C1C(=O)OCc1ccc2c(c1)OCO2. The minimum atomic E-state index is -0.628. The molecule has 1 unspecified atom stereocenters. The molecule has 3 aliphatic rings. The van der Waals surface area contributed by atoms with Gasteiger partial charge in [0.25, 0.3) is 0 Å². The van der Waals surface area contributed by atoms with E-state index in [4.69, 9.17) is 23.9 Å². The monoisotopic (exact) mass is 379 g/mol. The molecule has 0 amide bonds. The zero-order chi connectivity index (χ0) is 19.3. The molecule has 0 radical (unpaired) electrons. The molecule has 5 rings (SSSR count). The van der Waals surface area contributed by atoms with E-state index in [1.165, 1.54) is 0 Å². The van der Waals surface area contributed by atoms with Crippen molar-refractivity contribution >= 4 is 11.7 Å². The van der Waals surface area contributed by atoms with Gasteiger partial charge in [0.15, 0.2) is 17.2 Å². The van der Waals surface area contributed by atoms with Gasteiger partial charge in [-0.05, 0) is 43.2 Å². The fourth-order valence-corrected chi connectivity index (χ4v) is 4.39. The molecule has 2 bridgehead atoms. The Labute approximate surface area is 163 Å². The van der Waals surface area contributed by atoms with Crippen LogP contribution in [-0.2, 0) is 16.1 Å². The number of hydrogen-bond acceptors (Lipinski definition) is 6. The van der Waals surface area contributed by atoms with Gasteiger partial charge in [-0.15, -0.1) is 0 Å². The van der Waals surface area contributed by atoms with Gasteiger partial charge >= 0.3 is 5.97 Å². The molecule has 28 heavy (non-hydrogen) atoms. The Bertz CT molecular complexity index is 985. The number of esters is 1. The van der Waals surface area contributed by atoms with Crippen LogP contribution in [0.1, 0.15) is 37.3 Å². The van der Waals surface area contributed by atoms with Crippen molar-refractivity contribution in [3.63, 3.8) is 0 Å². The van der Waals surface area contributed by atoms with Crippen molar-refractivity contribution in [1.82, 2.24) is 0 Å². The van der Waals surface area contributed by atoms with Crippen molar-refractivity contribution in [2.75, 3.05) is 6.79 Å². The number of para-hydroxylation sites is 1. The van der Waals surface area contributed by atoms with Crippen molar-refractivity contribution in [1.29, 1.82) is 0 Å². The van der Waals surface area contributed by atoms with Gasteiger partial charge in [0.2, 0.25) is 6.79 Å². The van der Waals surface area contributed by atoms with Gasteiger partial charge in [-0.2, -0.15) is 0 Å². The molecule has 3 atom stereocenters. The van der Waals surface area contributed by atoms with Gasteiger partial charge < -0.3 is 18.9 Å². The summed E-state index contributed by atoms with van der Waals surface area (Å²) in [6, 6.07) is 13.4. The maximum atomic E-state index is 13.0. The van der Waals surface area contributed by atoms with Crippen molar-refractivity contribution in [3.05, 3.63) is 53.6 Å². The number of benzene rings is 2. The number of hydrogen-bond donors (Lipinski definition) is 0. The first-order valence-corrected chi connectivity index (χ1v) is 9.42. The van der Waals surface area contributed by atoms with E-state index >= 15 is 0 Å². The summed E-state index contributed by atoms with van der Waals surface area (Å²) in [5.74, 6) is 1.51. The first kappa shape index (κ1) is 17.1. The molecular weight excluding hydrogens is 358 g/mol. The minimum absolute atomic E-state index is 0.00305. The maximum absolute atomic E-state index is 13.0. The Balaban J connectivity index is 1.38. The van der Waals surface area contributed by atoms with E-state index in [0.717, 1.165) is 22.6 Å². The Morgan fingerprint density at radius 2 is 2.00 bits per heavy atom. The quantitative estimate of drug-likeness (QED) is 0.758. The third-order valence-electron chi connectivity index (χ3n) is 5.58. The van der Waals surface area contributed by atoms with Gasteiger partial charge in [0.1, 0.15) is 18.3 Å². The van der Waals surface area contributed by atoms with Gasteiger partial charge in [-0.3, -0.25) is 4.79 Å². The van der Waals surface area contributed by atoms with E-state index in [-0.39, 0.29) is 25.3 Å². The van der Waals surface area contributed by atoms with Crippen molar-refractivity contribution < 1.29 is 23.7 Å². The lowest BCUT2D eigenvalue weighted by molar-refractivity contribution is -0.149. The maximum Gasteiger partial charge on any atom is 0.315 e. The first-order chi connectivity index (χ1) is 13.5. The number of nitrogens with zero attached hydrogens (tertiary/aromatic N) is 1. The third kappa shape index (κ3) is 2.80. The smallest absolute Gasteiger partial charge is 0.315 e. The molecular formula is C22H21NO5. The molecule has 0 N–H and O–H groups in total. The predicted molar refractivity (Wildman–Crippen MR) is 102 cm³/mol. The zero-order valence-electron chi connectivity index (χ0n) is 15.8. The van der Waals surface area contributed by atoms with Crippen LogP contribution in [0.5, 0.6) is 17.2 Å². The topological polar surface area (TPSA) is 66.4 Å². The summed E-state index contributed by atoms with van der Waals surface area (Å²) in [5, 5.41) is 0. The molecule has 6 nitrogen and oxygen atoms in total. The number of rotatable bonds is 3. The summed E-state index contributed by atoms with van der Waals surface area (Å²) < 4.78 is 22.5. The Morgan fingerprint density at radius 1 is 1.18 bits per heavy atom. The number of aliphatic imine (C=N–C) groups is 1. The molecule has 0 saturated heterocycles. The highest BCUT2D eigenvalue weighted by molar-refractivity contribution is 6.02. The third-order valence-corrected chi connectivity index (χ3v) is 5.58. The van der Waals surface area contributed by atoms with Gasteiger partial charge in [0.05, 0.1) is 0 Å². The molecule has 0 aromatic heterocycles. The van der Waals surface area contributed by atoms with Gasteiger partial charge in [0, 0.05) is 18.1 Å². The summed E-state index contributed by atoms with van der Waals surface area (Å²) in [6.07, 6.45) is 0.658. The molecule has 2 aromatic carbocycles. The van der Waals surface area contributed by atoms with E-state index in [2.05, 4.69) is 0 Å². The van der Waals surface area contributed by atoms with Gasteiger partial charge in [-0.1, -0.05) is 24.3 Å². The number of carbonyl (C=O) groups excluding carboxylic acids is 1. The second kappa shape index (κ2) is 6.26. The molecule has 2 aromatic rings. The second-order valence-electron chi connectivity index (χ2n) is 7.65. The largest absolute Gasteiger partial charge is 0.466 e. The Morgan fingerprint density at radius 3 is 2.89 bits per heavy atom. The van der Waals surface area contributed by atoms with Crippen molar-refractivity contribution in [2.45, 2.75) is 38.5 Å². The summed E-state index contributed by atoms with van der Waals surface area (Å²) in [5.41, 5.74) is 2.03. The lowest BCUT2D eigenvalue weighted by Gasteiger charge is -2.44. The molecule has 3 aliphatic heterocycles. The van der Waals surface area contributed by atoms with Crippen LogP contribution in [0.25, 0.3) is 0 Å². The lowest BCUT2D eigenvalue weighted by Crippen LogP contribution is -2.47. The predicted octanol–water partition coefficient (Wildman–Crippen LogP) is 3.83. The molecule has 6 heteroatoms. The highest BCUT2D eigenvalue weighted by Gasteiger charge is 2.48. The highest BCUT2D eigenvalue weighted by atomic mass is 16.7. The number of carbonyl (C=O) groups is 1. The van der Waals surface area contributed by atoms with E-state index in [1.54, 1.807) is 0 Å². The van der Waals surface area contributed by atoms with Crippen LogP contribution in [-0.4, -0.2) is 24.2 Å². The van der Waals surface area contributed by atoms with E-state index in [9.17, 15) is 4.79 Å². The van der Waals surface area contributed by atoms with Crippen molar-refractivity contribution in [3.8, 4) is 17.2 Å². The first-order valence-electron chi connectivity index (χ1n) is 9.42. The van der Waals surface area contributed by atoms with E-state index in [1.807, 2.05) is 56.3 Å². The molecule has 0 aliphatic carbocycles. The minimum Gasteiger partial charge on any atom is -0.466 e. The standard InChI is InChI=1S/C22H21NO5/c1-13-20(16-10-22(2,23-13)28-17-6-4-3-5-15(16)17)21(24)25-11-14-7-8-18-19(9-14)27-12-26-18/h3-9,16,20H,10-12H2,1-2H3/t16-,20?,22-/m0/s1. The molecule has 0 saturated carbocycles. The fraction of sp³-hybridized carbons (Fsp3) is 0.364. The normalized spacial score (nSPS) is 26.7. The van der Waals surface area contributed by atoms with Gasteiger partial charge in [-0.25, -0.2) is 4.99 Å². The van der Waals surface area contributed by atoms with Crippen LogP contribution in [0, 0.1) is 5.92 Å². The fourth-order valence-electron chi connectivity index (χ4n) is 4.39. The molecule has 3 heterocycles. The summed E-state index contributed by atoms with van der Waals surface area (Å²) in [4.78, 5) is 17.7. The van der Waals surface area contributed by atoms with Crippen LogP contribution >= 0.6 is 0 Å². The number of ether oxygens (including phenoxy) is 4. The average molecular weight is 379 g/mol. The summed E-state index contributed by atoms with van der Waals surface area (Å²) >= 11 is 0. The number of fused-ring (bicyclic) bond motifs is 5. The lowest BCUT2D eigenvalue weighted by atomic mass is 9.74. The average Bonchev–Trinajstić information content (AvgIpc) is 3.13. The van der Waals surface area contributed by atoms with E-state index in [0.29, 0.717) is 17.9 Å². The molecule has 0 spiro atoms. The Kier molecular flexibility index (Phi) is 3.82. The van der Waals surface area contributed by atoms with Crippen LogP contribution in [0.3, 0.4) is 0 Å². The Hall–Kier alpha value is -3.02. The second-order valence-corrected chi connectivity index (χ2v) is 7.65. The van der Waals surface area contributed by atoms with Crippen LogP contribution in [0.4, 0.5) is 0 Å². The summed E-state index contributed by atoms with van der Waals surface area (Å²) in [7, 11) is 0. The molecule has 0 fully saturated rings. The zero-order valence-corrected chi connectivity index (χ0v) is 15.8. The van der Waals surface area contributed by atoms with Crippen LogP contribution in [0.15, 0.2) is 47.5 Å². The van der Waals surface area contributed by atoms with Crippen LogP contribution in [0.2, 0.25) is 0 Å². The van der Waals surface area contributed by atoms with Crippen LogP contribution < -0.4 is 14.2 Å². The molecule has 144 valence electrons.